The molecular formula is C19H20N4O. The number of nitrogens with zero attached hydrogens (tertiary/aromatic N) is 3. The van der Waals surface area contributed by atoms with Crippen LogP contribution in [0, 0.1) is 13.8 Å². The van der Waals surface area contributed by atoms with Crippen molar-refractivity contribution in [2.24, 2.45) is 7.05 Å². The molecule has 24 heavy (non-hydrogen) atoms. The quantitative estimate of drug-likeness (QED) is 0.804. The van der Waals surface area contributed by atoms with Crippen LogP contribution < -0.4 is 5.32 Å². The zero-order chi connectivity index (χ0) is 17.1. The first-order chi connectivity index (χ1) is 11.5. The highest BCUT2D eigenvalue weighted by Gasteiger charge is 2.12. The molecule has 0 saturated heterocycles. The van der Waals surface area contributed by atoms with Crippen LogP contribution in [0.25, 0.3) is 11.4 Å². The summed E-state index contributed by atoms with van der Waals surface area (Å²) in [7, 11) is 1.87. The number of benzene rings is 1. The molecular weight excluding hydrogens is 300 g/mol. The normalized spacial score (nSPS) is 10.6. The van der Waals surface area contributed by atoms with Crippen molar-refractivity contribution >= 4 is 5.91 Å². The van der Waals surface area contributed by atoms with Crippen molar-refractivity contribution < 1.29 is 4.79 Å². The van der Waals surface area contributed by atoms with Gasteiger partial charge in [0.15, 0.2) is 0 Å². The van der Waals surface area contributed by atoms with Crippen molar-refractivity contribution in [1.29, 1.82) is 0 Å². The van der Waals surface area contributed by atoms with E-state index in [1.165, 1.54) is 0 Å². The third kappa shape index (κ3) is 3.35. The largest absolute Gasteiger partial charge is 0.346 e. The van der Waals surface area contributed by atoms with Gasteiger partial charge in [-0.25, -0.2) is 0 Å². The maximum absolute atomic E-state index is 12.4. The number of hydrogen-bond donors (Lipinski definition) is 1. The van der Waals surface area contributed by atoms with Gasteiger partial charge in [-0.2, -0.15) is 5.10 Å². The molecule has 1 N–H and O–H groups in total. The zero-order valence-corrected chi connectivity index (χ0v) is 14.1. The molecule has 3 aromatic rings. The first kappa shape index (κ1) is 15.9. The van der Waals surface area contributed by atoms with E-state index in [9.17, 15) is 4.79 Å². The van der Waals surface area contributed by atoms with E-state index in [2.05, 4.69) is 15.4 Å². The van der Waals surface area contributed by atoms with Gasteiger partial charge in [0.1, 0.15) is 0 Å². The highest BCUT2D eigenvalue weighted by atomic mass is 16.1. The minimum atomic E-state index is -0.0856. The molecule has 0 saturated carbocycles. The van der Waals surface area contributed by atoms with Crippen LogP contribution in [-0.4, -0.2) is 20.7 Å². The predicted molar refractivity (Wildman–Crippen MR) is 93.5 cm³/mol. The van der Waals surface area contributed by atoms with E-state index in [1.54, 1.807) is 10.9 Å². The SMILES string of the molecule is Cc1ccc(C(=O)NCc2cc(-c3ccccn3)n(C)n2)c(C)c1. The van der Waals surface area contributed by atoms with Crippen LogP contribution in [0.3, 0.4) is 0 Å². The number of hydrogen-bond acceptors (Lipinski definition) is 3. The highest BCUT2D eigenvalue weighted by Crippen LogP contribution is 2.17. The summed E-state index contributed by atoms with van der Waals surface area (Å²) in [6.45, 7) is 4.34. The third-order valence-corrected chi connectivity index (χ3v) is 3.91. The molecule has 0 spiro atoms. The number of carbonyl (C=O) groups excluding carboxylic acids is 1. The molecule has 5 nitrogen and oxygen atoms in total. The van der Waals surface area contributed by atoms with Gasteiger partial charge in [0, 0.05) is 18.8 Å². The van der Waals surface area contributed by atoms with Gasteiger partial charge in [0.25, 0.3) is 5.91 Å². The highest BCUT2D eigenvalue weighted by molar-refractivity contribution is 5.95. The Morgan fingerprint density at radius 2 is 2.00 bits per heavy atom. The molecule has 122 valence electrons. The van der Waals surface area contributed by atoms with Crippen molar-refractivity contribution in [3.8, 4) is 11.4 Å². The summed E-state index contributed by atoms with van der Waals surface area (Å²) in [4.78, 5) is 16.7. The standard InChI is InChI=1S/C19H20N4O/c1-13-7-8-16(14(2)10-13)19(24)21-12-15-11-18(23(3)22-15)17-6-4-5-9-20-17/h4-11H,12H2,1-3H3,(H,21,24). The molecule has 0 fully saturated rings. The second kappa shape index (κ2) is 6.66. The summed E-state index contributed by atoms with van der Waals surface area (Å²) in [6, 6.07) is 13.5. The van der Waals surface area contributed by atoms with Gasteiger partial charge in [-0.1, -0.05) is 23.8 Å². The van der Waals surface area contributed by atoms with E-state index in [4.69, 9.17) is 0 Å². The Kier molecular flexibility index (Phi) is 4.42. The molecule has 1 amide bonds. The van der Waals surface area contributed by atoms with Crippen molar-refractivity contribution in [1.82, 2.24) is 20.1 Å². The molecule has 0 unspecified atom stereocenters. The molecule has 0 aliphatic heterocycles. The molecule has 0 bridgehead atoms. The Labute approximate surface area is 141 Å². The molecule has 5 heteroatoms. The van der Waals surface area contributed by atoms with Crippen molar-refractivity contribution in [3.05, 3.63) is 71.0 Å². The summed E-state index contributed by atoms with van der Waals surface area (Å²) in [5, 5.41) is 7.38. The Morgan fingerprint density at radius 1 is 1.17 bits per heavy atom. The van der Waals surface area contributed by atoms with Crippen LogP contribution >= 0.6 is 0 Å². The van der Waals surface area contributed by atoms with Crippen molar-refractivity contribution in [3.63, 3.8) is 0 Å². The Balaban J connectivity index is 1.72. The van der Waals surface area contributed by atoms with E-state index in [0.717, 1.165) is 28.2 Å². The first-order valence-corrected chi connectivity index (χ1v) is 7.84. The van der Waals surface area contributed by atoms with Crippen molar-refractivity contribution in [2.75, 3.05) is 0 Å². The molecule has 0 radical (unpaired) electrons. The van der Waals surface area contributed by atoms with Crippen LogP contribution in [0.4, 0.5) is 0 Å². The van der Waals surface area contributed by atoms with Gasteiger partial charge in [0.05, 0.1) is 23.6 Å². The third-order valence-electron chi connectivity index (χ3n) is 3.91. The number of amides is 1. The molecule has 0 aliphatic carbocycles. The van der Waals surface area contributed by atoms with Gasteiger partial charge in [0.2, 0.25) is 0 Å². The van der Waals surface area contributed by atoms with Crippen LogP contribution in [0.2, 0.25) is 0 Å². The Hall–Kier alpha value is -2.95. The van der Waals surface area contributed by atoms with Crippen LogP contribution in [0.5, 0.6) is 0 Å². The van der Waals surface area contributed by atoms with Crippen LogP contribution in [0.1, 0.15) is 27.2 Å². The van der Waals surface area contributed by atoms with Gasteiger partial charge in [-0.15, -0.1) is 0 Å². The smallest absolute Gasteiger partial charge is 0.251 e. The lowest BCUT2D eigenvalue weighted by Gasteiger charge is -2.07. The fraction of sp³-hybridized carbons (Fsp3) is 0.211. The van der Waals surface area contributed by atoms with Gasteiger partial charge in [-0.05, 0) is 43.7 Å². The summed E-state index contributed by atoms with van der Waals surface area (Å²) in [5.74, 6) is -0.0856. The molecule has 0 atom stereocenters. The van der Waals surface area contributed by atoms with Gasteiger partial charge >= 0.3 is 0 Å². The maximum atomic E-state index is 12.4. The van der Waals surface area contributed by atoms with Crippen LogP contribution in [-0.2, 0) is 13.6 Å². The summed E-state index contributed by atoms with van der Waals surface area (Å²) < 4.78 is 1.78. The lowest BCUT2D eigenvalue weighted by molar-refractivity contribution is 0.0949. The van der Waals surface area contributed by atoms with E-state index in [1.807, 2.05) is 63.4 Å². The molecule has 2 heterocycles. The molecule has 3 rings (SSSR count). The molecule has 2 aromatic heterocycles. The predicted octanol–water partition coefficient (Wildman–Crippen LogP) is 3.03. The summed E-state index contributed by atoms with van der Waals surface area (Å²) in [5.41, 5.74) is 5.40. The van der Waals surface area contributed by atoms with E-state index >= 15 is 0 Å². The van der Waals surface area contributed by atoms with E-state index in [0.29, 0.717) is 12.1 Å². The van der Waals surface area contributed by atoms with Crippen molar-refractivity contribution in [2.45, 2.75) is 20.4 Å². The summed E-state index contributed by atoms with van der Waals surface area (Å²) in [6.07, 6.45) is 1.75. The number of carbonyl (C=O) groups is 1. The number of rotatable bonds is 4. The summed E-state index contributed by atoms with van der Waals surface area (Å²) >= 11 is 0. The van der Waals surface area contributed by atoms with Gasteiger partial charge in [-0.3, -0.25) is 14.5 Å². The minimum Gasteiger partial charge on any atom is -0.346 e. The number of nitrogens with one attached hydrogen (secondary N) is 1. The molecule has 1 aromatic carbocycles. The molecule has 0 aliphatic rings. The first-order valence-electron chi connectivity index (χ1n) is 7.84. The number of pyridine rings is 1. The lowest BCUT2D eigenvalue weighted by Crippen LogP contribution is -2.23. The fourth-order valence-corrected chi connectivity index (χ4v) is 2.70. The minimum absolute atomic E-state index is 0.0856. The second-order valence-corrected chi connectivity index (χ2v) is 5.86. The maximum Gasteiger partial charge on any atom is 0.251 e. The average Bonchev–Trinajstić information content (AvgIpc) is 2.94. The van der Waals surface area contributed by atoms with E-state index in [-0.39, 0.29) is 5.91 Å². The van der Waals surface area contributed by atoms with Crippen LogP contribution in [0.15, 0.2) is 48.7 Å². The number of aromatic nitrogens is 3. The topological polar surface area (TPSA) is 59.8 Å². The average molecular weight is 320 g/mol. The second-order valence-electron chi connectivity index (χ2n) is 5.86. The fourth-order valence-electron chi connectivity index (χ4n) is 2.70. The lowest BCUT2D eigenvalue weighted by atomic mass is 10.1. The van der Waals surface area contributed by atoms with Gasteiger partial charge < -0.3 is 5.32 Å². The Morgan fingerprint density at radius 3 is 2.71 bits per heavy atom. The number of aryl methyl sites for hydroxylation is 3. The monoisotopic (exact) mass is 320 g/mol. The zero-order valence-electron chi connectivity index (χ0n) is 14.1. The Bertz CT molecular complexity index is 868. The van der Waals surface area contributed by atoms with E-state index < -0.39 is 0 Å².